The van der Waals surface area contributed by atoms with Gasteiger partial charge < -0.3 is 0 Å². The van der Waals surface area contributed by atoms with Crippen molar-refractivity contribution in [2.75, 3.05) is 0 Å². The van der Waals surface area contributed by atoms with E-state index in [0.717, 1.165) is 5.56 Å². The predicted molar refractivity (Wildman–Crippen MR) is 76.8 cm³/mol. The summed E-state index contributed by atoms with van der Waals surface area (Å²) in [5, 5.41) is 11.5. The Morgan fingerprint density at radius 3 is 2.42 bits per heavy atom. The fourth-order valence-corrected chi connectivity index (χ4v) is 1.74. The molecule has 2 aromatic carbocycles. The Kier molecular flexibility index (Phi) is 4.14. The Morgan fingerprint density at radius 2 is 1.79 bits per heavy atom. The van der Waals surface area contributed by atoms with E-state index in [0.29, 0.717) is 15.7 Å². The highest BCUT2D eigenvalue weighted by Crippen LogP contribution is 2.27. The largest absolute Gasteiger partial charge is 0.269 e. The monoisotopic (exact) mass is 294 g/mol. The van der Waals surface area contributed by atoms with E-state index in [2.05, 4.69) is 4.99 Å². The quantitative estimate of drug-likeness (QED) is 0.470. The molecule has 0 unspecified atom stereocenters. The number of halogens is 2. The minimum Gasteiger partial charge on any atom is -0.258 e. The first kappa shape index (κ1) is 13.5. The van der Waals surface area contributed by atoms with Crippen molar-refractivity contribution in [1.29, 1.82) is 0 Å². The molecule has 0 saturated carbocycles. The van der Waals surface area contributed by atoms with Crippen LogP contribution in [-0.2, 0) is 0 Å². The van der Waals surface area contributed by atoms with E-state index in [4.69, 9.17) is 23.2 Å². The number of hydrogen-bond donors (Lipinski definition) is 0. The van der Waals surface area contributed by atoms with Crippen molar-refractivity contribution >= 4 is 40.8 Å². The average molecular weight is 295 g/mol. The summed E-state index contributed by atoms with van der Waals surface area (Å²) in [5.74, 6) is 0. The number of hydrogen-bond acceptors (Lipinski definition) is 3. The summed E-state index contributed by atoms with van der Waals surface area (Å²) in [5.41, 5.74) is 1.33. The molecule has 0 spiro atoms. The zero-order valence-corrected chi connectivity index (χ0v) is 11.1. The smallest absolute Gasteiger partial charge is 0.258 e. The van der Waals surface area contributed by atoms with Crippen LogP contribution in [-0.4, -0.2) is 11.1 Å². The second-order valence-corrected chi connectivity index (χ2v) is 4.55. The molecule has 0 heterocycles. The second kappa shape index (κ2) is 5.82. The summed E-state index contributed by atoms with van der Waals surface area (Å²) in [6.45, 7) is 0. The van der Waals surface area contributed by atoms with Crippen LogP contribution in [0.1, 0.15) is 5.56 Å². The molecule has 96 valence electrons. The first-order valence-corrected chi connectivity index (χ1v) is 6.05. The number of nitro benzene ring substituents is 1. The fraction of sp³-hybridized carbons (Fsp3) is 0. The van der Waals surface area contributed by atoms with Crippen molar-refractivity contribution in [1.82, 2.24) is 0 Å². The molecule has 0 radical (unpaired) electrons. The van der Waals surface area contributed by atoms with Gasteiger partial charge >= 0.3 is 0 Å². The van der Waals surface area contributed by atoms with Gasteiger partial charge in [-0.1, -0.05) is 23.2 Å². The summed E-state index contributed by atoms with van der Waals surface area (Å²) in [4.78, 5) is 14.3. The number of benzene rings is 2. The molecule has 0 aliphatic heterocycles. The molecule has 19 heavy (non-hydrogen) atoms. The molecule has 6 heteroatoms. The summed E-state index contributed by atoms with van der Waals surface area (Å²) in [6.07, 6.45) is 1.57. The maximum absolute atomic E-state index is 10.5. The van der Waals surface area contributed by atoms with Gasteiger partial charge in [0.25, 0.3) is 5.69 Å². The van der Waals surface area contributed by atoms with E-state index < -0.39 is 4.92 Å². The van der Waals surface area contributed by atoms with E-state index in [9.17, 15) is 10.1 Å². The Bertz CT molecular complexity index is 640. The van der Waals surface area contributed by atoms with E-state index in [-0.39, 0.29) is 5.69 Å². The number of nitrogens with zero attached hydrogens (tertiary/aromatic N) is 2. The van der Waals surface area contributed by atoms with E-state index in [1.54, 1.807) is 36.5 Å². The third-order valence-corrected chi connectivity index (χ3v) is 2.92. The van der Waals surface area contributed by atoms with Crippen molar-refractivity contribution in [3.8, 4) is 0 Å². The summed E-state index contributed by atoms with van der Waals surface area (Å²) >= 11 is 11.8. The molecule has 0 amide bonds. The molecular formula is C13H8Cl2N2O2. The van der Waals surface area contributed by atoms with Crippen molar-refractivity contribution in [2.45, 2.75) is 0 Å². The van der Waals surface area contributed by atoms with Gasteiger partial charge in [-0.2, -0.15) is 0 Å². The lowest BCUT2D eigenvalue weighted by atomic mass is 10.2. The number of nitro groups is 1. The number of non-ortho nitro benzene ring substituents is 1. The van der Waals surface area contributed by atoms with Crippen LogP contribution in [0.5, 0.6) is 0 Å². The normalized spacial score (nSPS) is 10.8. The van der Waals surface area contributed by atoms with Gasteiger partial charge in [-0.15, -0.1) is 0 Å². The van der Waals surface area contributed by atoms with Crippen LogP contribution in [0.2, 0.25) is 10.0 Å². The van der Waals surface area contributed by atoms with E-state index >= 15 is 0 Å². The molecule has 0 N–H and O–H groups in total. The molecule has 0 aliphatic carbocycles. The van der Waals surface area contributed by atoms with Gasteiger partial charge in [0.1, 0.15) is 0 Å². The van der Waals surface area contributed by atoms with Crippen molar-refractivity contribution in [2.24, 2.45) is 4.99 Å². The second-order valence-electron chi connectivity index (χ2n) is 3.70. The molecule has 0 aromatic heterocycles. The van der Waals surface area contributed by atoms with Crippen molar-refractivity contribution < 1.29 is 4.92 Å². The first-order valence-electron chi connectivity index (χ1n) is 5.30. The lowest BCUT2D eigenvalue weighted by Crippen LogP contribution is -1.88. The zero-order chi connectivity index (χ0) is 13.8. The molecule has 0 atom stereocenters. The molecule has 0 bridgehead atoms. The summed E-state index contributed by atoms with van der Waals surface area (Å²) in [6, 6.07) is 11.0. The standard InChI is InChI=1S/C13H8Cl2N2O2/c14-10-3-6-12(15)13(7-10)16-8-9-1-4-11(5-2-9)17(18)19/h1-8H. The molecule has 0 saturated heterocycles. The van der Waals surface area contributed by atoms with Crippen molar-refractivity contribution in [3.63, 3.8) is 0 Å². The van der Waals surface area contributed by atoms with Crippen LogP contribution in [0.25, 0.3) is 0 Å². The van der Waals surface area contributed by atoms with Gasteiger partial charge in [0.2, 0.25) is 0 Å². The van der Waals surface area contributed by atoms with Crippen LogP contribution in [0.3, 0.4) is 0 Å². The van der Waals surface area contributed by atoms with Gasteiger partial charge in [0.15, 0.2) is 0 Å². The van der Waals surface area contributed by atoms with Gasteiger partial charge in [-0.3, -0.25) is 15.1 Å². The maximum Gasteiger partial charge on any atom is 0.269 e. The van der Waals surface area contributed by atoms with E-state index in [1.807, 2.05) is 0 Å². The summed E-state index contributed by atoms with van der Waals surface area (Å²) in [7, 11) is 0. The summed E-state index contributed by atoms with van der Waals surface area (Å²) < 4.78 is 0. The molecule has 2 rings (SSSR count). The third kappa shape index (κ3) is 3.53. The van der Waals surface area contributed by atoms with Crippen LogP contribution < -0.4 is 0 Å². The Balaban J connectivity index is 2.22. The SMILES string of the molecule is O=[N+]([O-])c1ccc(C=Nc2cc(Cl)ccc2Cl)cc1. The predicted octanol–water partition coefficient (Wildman–Crippen LogP) is 4.65. The lowest BCUT2D eigenvalue weighted by Gasteiger charge is -1.98. The number of rotatable bonds is 3. The molecule has 2 aromatic rings. The van der Waals surface area contributed by atoms with Gasteiger partial charge in [-0.25, -0.2) is 0 Å². The Hall–Kier alpha value is -1.91. The Labute approximate surface area is 119 Å². The van der Waals surface area contributed by atoms with Crippen LogP contribution in [0.15, 0.2) is 47.5 Å². The lowest BCUT2D eigenvalue weighted by molar-refractivity contribution is -0.384. The minimum absolute atomic E-state index is 0.0398. The zero-order valence-electron chi connectivity index (χ0n) is 9.59. The van der Waals surface area contributed by atoms with E-state index in [1.165, 1.54) is 12.1 Å². The minimum atomic E-state index is -0.450. The van der Waals surface area contributed by atoms with Crippen LogP contribution in [0.4, 0.5) is 11.4 Å². The highest BCUT2D eigenvalue weighted by Gasteiger charge is 2.03. The van der Waals surface area contributed by atoms with Gasteiger partial charge in [0, 0.05) is 23.4 Å². The maximum atomic E-state index is 10.5. The van der Waals surface area contributed by atoms with Crippen molar-refractivity contribution in [3.05, 3.63) is 68.2 Å². The molecule has 0 fully saturated rings. The van der Waals surface area contributed by atoms with Crippen LogP contribution >= 0.6 is 23.2 Å². The average Bonchev–Trinajstić information content (AvgIpc) is 2.40. The molecule has 4 nitrogen and oxygen atoms in total. The highest BCUT2D eigenvalue weighted by atomic mass is 35.5. The molecule has 0 aliphatic rings. The van der Waals surface area contributed by atoms with Gasteiger partial charge in [-0.05, 0) is 35.9 Å². The van der Waals surface area contributed by atoms with Gasteiger partial charge in [0.05, 0.1) is 15.6 Å². The Morgan fingerprint density at radius 1 is 1.11 bits per heavy atom. The topological polar surface area (TPSA) is 55.5 Å². The molecular weight excluding hydrogens is 287 g/mol. The number of aliphatic imine (C=N–C) groups is 1. The first-order chi connectivity index (χ1) is 9.06. The van der Waals surface area contributed by atoms with Crippen LogP contribution in [0, 0.1) is 10.1 Å². The fourth-order valence-electron chi connectivity index (χ4n) is 1.41. The highest BCUT2D eigenvalue weighted by molar-refractivity contribution is 6.35. The third-order valence-electron chi connectivity index (χ3n) is 2.36.